The van der Waals surface area contributed by atoms with Crippen LogP contribution < -0.4 is 15.5 Å². The number of benzene rings is 2. The summed E-state index contributed by atoms with van der Waals surface area (Å²) in [5.41, 5.74) is 8.70. The van der Waals surface area contributed by atoms with Gasteiger partial charge in [-0.25, -0.2) is 9.98 Å². The number of nitrogen functional groups attached to an aromatic ring is 1. The predicted octanol–water partition coefficient (Wildman–Crippen LogP) is 4.56. The van der Waals surface area contributed by atoms with Crippen LogP contribution in [0.1, 0.15) is 4.88 Å². The summed E-state index contributed by atoms with van der Waals surface area (Å²) in [6.07, 6.45) is 1.52. The number of nitrogens with zero attached hydrogens (tertiary/aromatic N) is 4. The first-order valence-corrected chi connectivity index (χ1v) is 10.9. The second-order valence-electron chi connectivity index (χ2n) is 6.76. The lowest BCUT2D eigenvalue weighted by Gasteiger charge is -2.06. The Balaban J connectivity index is 1.50. The number of thiophene rings is 1. The molecule has 0 aliphatic rings. The van der Waals surface area contributed by atoms with Gasteiger partial charge >= 0.3 is 5.88 Å². The first-order valence-electron chi connectivity index (χ1n) is 9.34. The maximum atomic E-state index is 12.8. The van der Waals surface area contributed by atoms with Crippen LogP contribution in [0.4, 0.5) is 11.6 Å². The second-order valence-corrected chi connectivity index (χ2v) is 8.60. The summed E-state index contributed by atoms with van der Waals surface area (Å²) in [6.45, 7) is 0. The Hall–Kier alpha value is -3.46. The molecule has 0 atom stereocenters. The lowest BCUT2D eigenvalue weighted by Crippen LogP contribution is -2.30. The summed E-state index contributed by atoms with van der Waals surface area (Å²) < 4.78 is 6.66. The lowest BCUT2D eigenvalue weighted by molar-refractivity contribution is -0.670. The van der Waals surface area contributed by atoms with Crippen LogP contribution in [-0.2, 0) is 0 Å². The number of aliphatic imine (C=N–C) groups is 1. The minimum Gasteiger partial charge on any atom is -0.857 e. The van der Waals surface area contributed by atoms with Gasteiger partial charge in [-0.15, -0.1) is 11.3 Å². The van der Waals surface area contributed by atoms with Gasteiger partial charge in [0, 0.05) is 34.0 Å². The average Bonchev–Trinajstić information content (AvgIpc) is 3.39. The number of pyridine rings is 1. The smallest absolute Gasteiger partial charge is 0.321 e. The third kappa shape index (κ3) is 3.80. The molecule has 0 fully saturated rings. The fourth-order valence-corrected chi connectivity index (χ4v) is 4.63. The molecule has 5 rings (SSSR count). The Morgan fingerprint density at radius 3 is 2.69 bits per heavy atom. The summed E-state index contributed by atoms with van der Waals surface area (Å²) in [7, 11) is 0. The fraction of sp³-hybridized carbons (Fsp3) is 0. The summed E-state index contributed by atoms with van der Waals surface area (Å²) in [5, 5.41) is 18.4. The Bertz CT molecular complexity index is 1480. The van der Waals surface area contributed by atoms with Gasteiger partial charge in [0.15, 0.2) is 0 Å². The molecule has 10 heteroatoms. The van der Waals surface area contributed by atoms with Crippen LogP contribution in [0, 0.1) is 0 Å². The Labute approximate surface area is 196 Å². The highest BCUT2D eigenvalue weighted by atomic mass is 35.5. The van der Waals surface area contributed by atoms with E-state index in [1.807, 2.05) is 36.4 Å². The standard InChI is InChI=1S/C22H13Cl2N5O2S/c23-12-6-7-14(16(24)10-12)17-9-8-15-19(25)20(32-22(15)26-17)21(30)27-18-11-29(28-31-18)13-4-2-1-3-5-13/h1-11H,(H2-,25,27,28,30). The summed E-state index contributed by atoms with van der Waals surface area (Å²) in [4.78, 5) is 9.51. The van der Waals surface area contributed by atoms with Crippen molar-refractivity contribution in [2.45, 2.75) is 0 Å². The number of aromatic nitrogens is 3. The highest BCUT2D eigenvalue weighted by Crippen LogP contribution is 2.36. The third-order valence-electron chi connectivity index (χ3n) is 4.68. The fourth-order valence-electron chi connectivity index (χ4n) is 3.14. The zero-order chi connectivity index (χ0) is 22.2. The van der Waals surface area contributed by atoms with Gasteiger partial charge in [-0.2, -0.15) is 0 Å². The zero-order valence-corrected chi connectivity index (χ0v) is 18.5. The van der Waals surface area contributed by atoms with Gasteiger partial charge in [-0.1, -0.05) is 41.4 Å². The molecule has 32 heavy (non-hydrogen) atoms. The van der Waals surface area contributed by atoms with Gasteiger partial charge in [0.25, 0.3) is 6.20 Å². The van der Waals surface area contributed by atoms with Crippen LogP contribution in [0.3, 0.4) is 0 Å². The first kappa shape index (κ1) is 20.4. The van der Waals surface area contributed by atoms with Gasteiger partial charge < -0.3 is 10.8 Å². The summed E-state index contributed by atoms with van der Waals surface area (Å²) in [6, 6.07) is 18.1. The quantitative estimate of drug-likeness (QED) is 0.230. The van der Waals surface area contributed by atoms with E-state index in [2.05, 4.69) is 15.2 Å². The van der Waals surface area contributed by atoms with Crippen molar-refractivity contribution in [1.29, 1.82) is 0 Å². The van der Waals surface area contributed by atoms with E-state index in [9.17, 15) is 5.11 Å². The number of nitrogens with two attached hydrogens (primary N) is 1. The molecule has 0 spiro atoms. The van der Waals surface area contributed by atoms with E-state index in [1.165, 1.54) is 10.9 Å². The first-order chi connectivity index (χ1) is 15.5. The molecule has 158 valence electrons. The molecule has 0 bridgehead atoms. The van der Waals surface area contributed by atoms with Gasteiger partial charge in [-0.05, 0) is 35.0 Å². The predicted molar refractivity (Wildman–Crippen MR) is 124 cm³/mol. The SMILES string of the molecule is Nc1c(/C([O-])=N/c2c[n+](-c3ccccc3)no2)sc2nc(-c3ccc(Cl)cc3Cl)ccc12. The molecule has 0 aliphatic carbocycles. The molecule has 3 aromatic heterocycles. The van der Waals surface area contributed by atoms with E-state index >= 15 is 0 Å². The lowest BCUT2D eigenvalue weighted by atomic mass is 10.1. The number of halogens is 2. The number of hydrogen-bond acceptors (Lipinski definition) is 7. The molecule has 2 N–H and O–H groups in total. The molecular weight excluding hydrogens is 469 g/mol. The maximum absolute atomic E-state index is 12.8. The van der Waals surface area contributed by atoms with Crippen LogP contribution in [-0.4, -0.2) is 16.2 Å². The van der Waals surface area contributed by atoms with Crippen molar-refractivity contribution in [3.8, 4) is 16.9 Å². The Morgan fingerprint density at radius 2 is 1.91 bits per heavy atom. The highest BCUT2D eigenvalue weighted by molar-refractivity contribution is 7.21. The number of anilines is 1. The van der Waals surface area contributed by atoms with Crippen molar-refractivity contribution in [3.05, 3.63) is 81.8 Å². The van der Waals surface area contributed by atoms with E-state index in [0.717, 1.165) is 22.6 Å². The minimum absolute atomic E-state index is 0.0669. The molecule has 0 radical (unpaired) electrons. The Kier molecular flexibility index (Phi) is 5.26. The second kappa shape index (κ2) is 8.23. The maximum Gasteiger partial charge on any atom is 0.321 e. The van der Waals surface area contributed by atoms with E-state index < -0.39 is 5.90 Å². The molecule has 5 aromatic rings. The van der Waals surface area contributed by atoms with Crippen molar-refractivity contribution < 1.29 is 14.3 Å². The van der Waals surface area contributed by atoms with Crippen LogP contribution in [0.2, 0.25) is 10.0 Å². The van der Waals surface area contributed by atoms with Crippen molar-refractivity contribution in [2.75, 3.05) is 5.73 Å². The molecule has 0 amide bonds. The average molecular weight is 482 g/mol. The normalized spacial score (nSPS) is 11.9. The number of fused-ring (bicyclic) bond motifs is 1. The van der Waals surface area contributed by atoms with Gasteiger partial charge in [0.05, 0.1) is 21.3 Å². The van der Waals surface area contributed by atoms with E-state index in [0.29, 0.717) is 31.6 Å². The van der Waals surface area contributed by atoms with E-state index in [1.54, 1.807) is 24.3 Å². The van der Waals surface area contributed by atoms with Crippen molar-refractivity contribution in [3.63, 3.8) is 0 Å². The summed E-state index contributed by atoms with van der Waals surface area (Å²) >= 11 is 13.4. The van der Waals surface area contributed by atoms with Crippen molar-refractivity contribution >= 4 is 62.2 Å². The number of para-hydroxylation sites is 1. The van der Waals surface area contributed by atoms with Crippen LogP contribution >= 0.6 is 34.5 Å². The topological polar surface area (TPSA) is 104 Å². The molecule has 3 heterocycles. The van der Waals surface area contributed by atoms with Gasteiger partial charge in [0.1, 0.15) is 4.83 Å². The largest absolute Gasteiger partial charge is 0.857 e. The van der Waals surface area contributed by atoms with Gasteiger partial charge in [-0.3, -0.25) is 4.52 Å². The minimum atomic E-state index is -0.534. The molecule has 0 saturated carbocycles. The molecule has 2 aromatic carbocycles. The highest BCUT2D eigenvalue weighted by Gasteiger charge is 2.16. The van der Waals surface area contributed by atoms with Crippen LogP contribution in [0.15, 0.2) is 76.4 Å². The van der Waals surface area contributed by atoms with Gasteiger partial charge in [0.2, 0.25) is 11.0 Å². The van der Waals surface area contributed by atoms with Crippen molar-refractivity contribution in [2.24, 2.45) is 4.99 Å². The van der Waals surface area contributed by atoms with E-state index in [-0.39, 0.29) is 10.8 Å². The molecule has 0 aliphatic heterocycles. The molecule has 0 unspecified atom stereocenters. The number of rotatable bonds is 4. The monoisotopic (exact) mass is 481 g/mol. The van der Waals surface area contributed by atoms with E-state index in [4.69, 9.17) is 33.5 Å². The van der Waals surface area contributed by atoms with Crippen LogP contribution in [0.25, 0.3) is 27.2 Å². The zero-order valence-electron chi connectivity index (χ0n) is 16.2. The Morgan fingerprint density at radius 1 is 1.09 bits per heavy atom. The summed E-state index contributed by atoms with van der Waals surface area (Å²) in [5.74, 6) is -0.467. The molecule has 7 nitrogen and oxygen atoms in total. The molecule has 0 saturated heterocycles. The third-order valence-corrected chi connectivity index (χ3v) is 6.33. The number of hydrogen-bond donors (Lipinski definition) is 1. The molecular formula is C22H13Cl2N5O2S. The van der Waals surface area contributed by atoms with Crippen LogP contribution in [0.5, 0.6) is 0 Å². The van der Waals surface area contributed by atoms with Crippen molar-refractivity contribution in [1.82, 2.24) is 10.3 Å².